The van der Waals surface area contributed by atoms with Crippen LogP contribution in [0, 0.1) is 0 Å². The Hall–Kier alpha value is -2.30. The van der Waals surface area contributed by atoms with Gasteiger partial charge in [0.25, 0.3) is 5.56 Å². The Morgan fingerprint density at radius 3 is 2.69 bits per heavy atom. The standard InChI is InChI=1S/C11H9NO4/c13-10-6-9(16-12-10)11(14)15-7-8-4-2-1-3-5-8/h1-6H,7H2,(H,12,13). The molecular weight excluding hydrogens is 210 g/mol. The van der Waals surface area contributed by atoms with Gasteiger partial charge in [0.2, 0.25) is 5.76 Å². The Bertz CT molecular complexity index is 526. The third kappa shape index (κ3) is 2.38. The molecule has 5 nitrogen and oxygen atoms in total. The molecule has 0 unspecified atom stereocenters. The predicted molar refractivity (Wildman–Crippen MR) is 54.9 cm³/mol. The average Bonchev–Trinajstić information content (AvgIpc) is 2.74. The van der Waals surface area contributed by atoms with E-state index in [0.29, 0.717) is 0 Å². The molecule has 1 N–H and O–H groups in total. The number of hydrogen-bond acceptors (Lipinski definition) is 4. The van der Waals surface area contributed by atoms with E-state index in [1.54, 1.807) is 0 Å². The van der Waals surface area contributed by atoms with Gasteiger partial charge < -0.3 is 9.26 Å². The molecule has 0 saturated heterocycles. The van der Waals surface area contributed by atoms with Gasteiger partial charge in [0.1, 0.15) is 6.61 Å². The van der Waals surface area contributed by atoms with Gasteiger partial charge in [-0.2, -0.15) is 5.16 Å². The van der Waals surface area contributed by atoms with E-state index in [4.69, 9.17) is 4.74 Å². The summed E-state index contributed by atoms with van der Waals surface area (Å²) in [6.07, 6.45) is 0. The topological polar surface area (TPSA) is 72.3 Å². The summed E-state index contributed by atoms with van der Waals surface area (Å²) in [6.45, 7) is 0.147. The van der Waals surface area contributed by atoms with Crippen molar-refractivity contribution in [1.82, 2.24) is 5.16 Å². The molecule has 0 radical (unpaired) electrons. The van der Waals surface area contributed by atoms with Crippen molar-refractivity contribution < 1.29 is 14.1 Å². The number of carbonyl (C=O) groups excluding carboxylic acids is 1. The number of benzene rings is 1. The summed E-state index contributed by atoms with van der Waals surface area (Å²) >= 11 is 0. The molecule has 0 atom stereocenters. The lowest BCUT2D eigenvalue weighted by molar-refractivity contribution is 0.0426. The van der Waals surface area contributed by atoms with Gasteiger partial charge in [-0.3, -0.25) is 4.79 Å². The van der Waals surface area contributed by atoms with Crippen LogP contribution >= 0.6 is 0 Å². The van der Waals surface area contributed by atoms with E-state index in [1.165, 1.54) is 0 Å². The van der Waals surface area contributed by atoms with Gasteiger partial charge >= 0.3 is 5.97 Å². The molecule has 0 fully saturated rings. The molecule has 0 spiro atoms. The van der Waals surface area contributed by atoms with Crippen molar-refractivity contribution in [2.45, 2.75) is 6.61 Å². The maximum Gasteiger partial charge on any atom is 0.377 e. The van der Waals surface area contributed by atoms with E-state index in [9.17, 15) is 9.59 Å². The van der Waals surface area contributed by atoms with E-state index in [0.717, 1.165) is 11.6 Å². The molecular formula is C11H9NO4. The minimum Gasteiger partial charge on any atom is -0.455 e. The van der Waals surface area contributed by atoms with Crippen LogP contribution in [0.25, 0.3) is 0 Å². The molecule has 1 aromatic carbocycles. The summed E-state index contributed by atoms with van der Waals surface area (Å²) in [5.41, 5.74) is 0.403. The third-order valence-electron chi connectivity index (χ3n) is 1.94. The zero-order chi connectivity index (χ0) is 11.4. The molecule has 0 aliphatic heterocycles. The van der Waals surface area contributed by atoms with Gasteiger partial charge in [-0.15, -0.1) is 0 Å². The van der Waals surface area contributed by atoms with Crippen LogP contribution in [0.2, 0.25) is 0 Å². The number of aromatic nitrogens is 1. The molecule has 2 aromatic rings. The van der Waals surface area contributed by atoms with Crippen LogP contribution in [-0.2, 0) is 11.3 Å². The molecule has 16 heavy (non-hydrogen) atoms. The van der Waals surface area contributed by atoms with Crippen LogP contribution in [0.15, 0.2) is 45.7 Å². The maximum atomic E-state index is 11.4. The summed E-state index contributed by atoms with van der Waals surface area (Å²) in [4.78, 5) is 22.1. The molecule has 0 aliphatic carbocycles. The first kappa shape index (κ1) is 10.2. The quantitative estimate of drug-likeness (QED) is 0.790. The molecule has 1 aromatic heterocycles. The highest BCUT2D eigenvalue weighted by atomic mass is 16.6. The first-order valence-electron chi connectivity index (χ1n) is 4.65. The highest BCUT2D eigenvalue weighted by Crippen LogP contribution is 2.03. The van der Waals surface area contributed by atoms with Gasteiger partial charge in [0.15, 0.2) is 0 Å². The predicted octanol–water partition coefficient (Wildman–Crippen LogP) is 1.32. The van der Waals surface area contributed by atoms with Gasteiger partial charge in [0, 0.05) is 0 Å². The number of H-pyrrole nitrogens is 1. The van der Waals surface area contributed by atoms with Crippen molar-refractivity contribution in [3.63, 3.8) is 0 Å². The van der Waals surface area contributed by atoms with Crippen LogP contribution in [0.3, 0.4) is 0 Å². The fourth-order valence-electron chi connectivity index (χ4n) is 1.18. The van der Waals surface area contributed by atoms with Gasteiger partial charge in [0.05, 0.1) is 6.07 Å². The zero-order valence-electron chi connectivity index (χ0n) is 8.30. The fraction of sp³-hybridized carbons (Fsp3) is 0.0909. The lowest BCUT2D eigenvalue weighted by atomic mass is 10.2. The number of rotatable bonds is 3. The van der Waals surface area contributed by atoms with Gasteiger partial charge in [-0.05, 0) is 5.56 Å². The van der Waals surface area contributed by atoms with Crippen LogP contribution in [0.5, 0.6) is 0 Å². The van der Waals surface area contributed by atoms with Crippen molar-refractivity contribution in [2.24, 2.45) is 0 Å². The van der Waals surface area contributed by atoms with E-state index in [2.05, 4.69) is 4.52 Å². The zero-order valence-corrected chi connectivity index (χ0v) is 8.30. The highest BCUT2D eigenvalue weighted by molar-refractivity contribution is 5.85. The normalized spacial score (nSPS) is 10.0. The first-order chi connectivity index (χ1) is 7.75. The number of carbonyl (C=O) groups is 1. The summed E-state index contributed by atoms with van der Waals surface area (Å²) in [5, 5.41) is 2.02. The second-order valence-electron chi connectivity index (χ2n) is 3.14. The Morgan fingerprint density at radius 2 is 2.06 bits per heavy atom. The molecule has 0 saturated carbocycles. The van der Waals surface area contributed by atoms with Gasteiger partial charge in [-0.25, -0.2) is 4.79 Å². The Morgan fingerprint density at radius 1 is 1.31 bits per heavy atom. The monoisotopic (exact) mass is 219 g/mol. The van der Waals surface area contributed by atoms with Crippen LogP contribution in [0.4, 0.5) is 0 Å². The molecule has 2 rings (SSSR count). The smallest absolute Gasteiger partial charge is 0.377 e. The van der Waals surface area contributed by atoms with E-state index in [-0.39, 0.29) is 12.4 Å². The number of ether oxygens (including phenoxy) is 1. The van der Waals surface area contributed by atoms with E-state index >= 15 is 0 Å². The summed E-state index contributed by atoms with van der Waals surface area (Å²) in [6, 6.07) is 10.3. The second-order valence-corrected chi connectivity index (χ2v) is 3.14. The maximum absolute atomic E-state index is 11.4. The highest BCUT2D eigenvalue weighted by Gasteiger charge is 2.12. The molecule has 0 aliphatic rings. The number of hydrogen-bond donors (Lipinski definition) is 1. The summed E-state index contributed by atoms with van der Waals surface area (Å²) in [5.74, 6) is -0.789. The van der Waals surface area contributed by atoms with Crippen LogP contribution in [0.1, 0.15) is 16.1 Å². The van der Waals surface area contributed by atoms with Crippen LogP contribution < -0.4 is 5.56 Å². The lowest BCUT2D eigenvalue weighted by Crippen LogP contribution is -2.04. The average molecular weight is 219 g/mol. The minimum absolute atomic E-state index is 0.124. The first-order valence-corrected chi connectivity index (χ1v) is 4.65. The lowest BCUT2D eigenvalue weighted by Gasteiger charge is -2.01. The largest absolute Gasteiger partial charge is 0.455 e. The van der Waals surface area contributed by atoms with Gasteiger partial charge in [-0.1, -0.05) is 30.3 Å². The SMILES string of the molecule is O=C(OCc1ccccc1)c1cc(=O)[nH]o1. The van der Waals surface area contributed by atoms with Crippen molar-refractivity contribution >= 4 is 5.97 Å². The summed E-state index contributed by atoms with van der Waals surface area (Å²) in [7, 11) is 0. The molecule has 0 amide bonds. The minimum atomic E-state index is -0.665. The molecule has 82 valence electrons. The Balaban J connectivity index is 1.97. The molecule has 0 bridgehead atoms. The number of esters is 1. The molecule has 5 heteroatoms. The van der Waals surface area contributed by atoms with Crippen molar-refractivity contribution in [2.75, 3.05) is 0 Å². The Labute approximate surface area is 90.6 Å². The second kappa shape index (κ2) is 4.48. The van der Waals surface area contributed by atoms with Crippen molar-refractivity contribution in [1.29, 1.82) is 0 Å². The number of aromatic amines is 1. The van der Waals surface area contributed by atoms with E-state index in [1.807, 2.05) is 35.5 Å². The molecule has 1 heterocycles. The van der Waals surface area contributed by atoms with Crippen molar-refractivity contribution in [3.8, 4) is 0 Å². The Kier molecular flexibility index (Phi) is 2.86. The van der Waals surface area contributed by atoms with Crippen molar-refractivity contribution in [3.05, 3.63) is 58.1 Å². The number of nitrogens with one attached hydrogen (secondary N) is 1. The van der Waals surface area contributed by atoms with E-state index < -0.39 is 11.5 Å². The van der Waals surface area contributed by atoms with Crippen LogP contribution in [-0.4, -0.2) is 11.1 Å². The fourth-order valence-corrected chi connectivity index (χ4v) is 1.18. The third-order valence-corrected chi connectivity index (χ3v) is 1.94. The summed E-state index contributed by atoms with van der Waals surface area (Å²) < 4.78 is 9.54.